The largest absolute Gasteiger partial charge is 0.497 e. The number of anilines is 2. The maximum Gasteiger partial charge on any atom is 0.325 e. The van der Waals surface area contributed by atoms with Crippen molar-refractivity contribution in [3.63, 3.8) is 0 Å². The Hall–Kier alpha value is -3.06. The lowest BCUT2D eigenvalue weighted by atomic mass is 10.2. The van der Waals surface area contributed by atoms with Crippen molar-refractivity contribution in [3.8, 4) is 22.8 Å². The highest BCUT2D eigenvalue weighted by atomic mass is 32.1. The summed E-state index contributed by atoms with van der Waals surface area (Å²) in [5, 5.41) is 7.93. The molecule has 1 heterocycles. The number of hydrogen-bond donors (Lipinski definition) is 2. The van der Waals surface area contributed by atoms with E-state index < -0.39 is 0 Å². The number of carbonyl (C=O) groups excluding carboxylic acids is 1. The maximum atomic E-state index is 12.3. The second-order valence-corrected chi connectivity index (χ2v) is 6.14. The van der Waals surface area contributed by atoms with Gasteiger partial charge in [-0.1, -0.05) is 24.3 Å². The van der Waals surface area contributed by atoms with Crippen LogP contribution in [0.15, 0.2) is 53.9 Å². The van der Waals surface area contributed by atoms with Gasteiger partial charge in [-0.05, 0) is 31.2 Å². The molecule has 26 heavy (non-hydrogen) atoms. The molecular weight excluding hydrogens is 350 g/mol. The van der Waals surface area contributed by atoms with Crippen LogP contribution in [-0.2, 0) is 0 Å². The number of ether oxygens (including phenoxy) is 2. The van der Waals surface area contributed by atoms with Crippen LogP contribution < -0.4 is 20.1 Å². The Balaban J connectivity index is 1.68. The fourth-order valence-electron chi connectivity index (χ4n) is 2.35. The minimum atomic E-state index is -0.372. The summed E-state index contributed by atoms with van der Waals surface area (Å²) in [5.41, 5.74) is 2.31. The number of rotatable bonds is 6. The van der Waals surface area contributed by atoms with Gasteiger partial charge in [0, 0.05) is 10.9 Å². The van der Waals surface area contributed by atoms with Crippen molar-refractivity contribution in [3.05, 3.63) is 53.9 Å². The maximum absolute atomic E-state index is 12.3. The third-order valence-corrected chi connectivity index (χ3v) is 4.28. The van der Waals surface area contributed by atoms with E-state index in [0.717, 1.165) is 17.0 Å². The molecule has 3 aromatic rings. The summed E-state index contributed by atoms with van der Waals surface area (Å²) in [6.45, 7) is 2.42. The summed E-state index contributed by atoms with van der Waals surface area (Å²) < 4.78 is 10.7. The van der Waals surface area contributed by atoms with Crippen molar-refractivity contribution in [1.29, 1.82) is 0 Å². The first kappa shape index (κ1) is 17.8. The second kappa shape index (κ2) is 8.35. The summed E-state index contributed by atoms with van der Waals surface area (Å²) in [6.07, 6.45) is 0. The number of hydrogen-bond acceptors (Lipinski definition) is 5. The van der Waals surface area contributed by atoms with Crippen LogP contribution in [0.25, 0.3) is 11.3 Å². The zero-order valence-corrected chi connectivity index (χ0v) is 15.3. The molecule has 0 fully saturated rings. The third kappa shape index (κ3) is 4.31. The van der Waals surface area contributed by atoms with Gasteiger partial charge >= 0.3 is 6.03 Å². The van der Waals surface area contributed by atoms with E-state index in [0.29, 0.717) is 23.2 Å². The predicted molar refractivity (Wildman–Crippen MR) is 104 cm³/mol. The molecule has 2 N–H and O–H groups in total. The highest BCUT2D eigenvalue weighted by Gasteiger charge is 2.11. The average Bonchev–Trinajstić information content (AvgIpc) is 3.12. The minimum absolute atomic E-state index is 0.372. The fraction of sp³-hybridized carbons (Fsp3) is 0.158. The van der Waals surface area contributed by atoms with Crippen LogP contribution in [0, 0.1) is 0 Å². The van der Waals surface area contributed by atoms with E-state index in [1.807, 2.05) is 54.8 Å². The normalized spacial score (nSPS) is 10.2. The van der Waals surface area contributed by atoms with Gasteiger partial charge < -0.3 is 14.8 Å². The molecule has 0 aliphatic rings. The number of amides is 2. The number of carbonyl (C=O) groups is 1. The number of aromatic nitrogens is 1. The molecule has 3 rings (SSSR count). The van der Waals surface area contributed by atoms with Crippen LogP contribution in [0.1, 0.15) is 6.92 Å². The fourth-order valence-corrected chi connectivity index (χ4v) is 3.06. The average molecular weight is 369 g/mol. The van der Waals surface area contributed by atoms with Gasteiger partial charge in [0.2, 0.25) is 0 Å². The zero-order chi connectivity index (χ0) is 18.4. The lowest BCUT2D eigenvalue weighted by Crippen LogP contribution is -2.19. The first-order chi connectivity index (χ1) is 12.7. The smallest absolute Gasteiger partial charge is 0.325 e. The summed E-state index contributed by atoms with van der Waals surface area (Å²) >= 11 is 1.36. The van der Waals surface area contributed by atoms with Crippen molar-refractivity contribution < 1.29 is 14.3 Å². The van der Waals surface area contributed by atoms with E-state index in [4.69, 9.17) is 9.47 Å². The van der Waals surface area contributed by atoms with E-state index in [1.54, 1.807) is 13.2 Å². The van der Waals surface area contributed by atoms with Crippen molar-refractivity contribution in [2.45, 2.75) is 6.92 Å². The van der Waals surface area contributed by atoms with Crippen LogP contribution in [0.5, 0.6) is 11.5 Å². The van der Waals surface area contributed by atoms with E-state index in [2.05, 4.69) is 15.6 Å². The van der Waals surface area contributed by atoms with Crippen molar-refractivity contribution in [1.82, 2.24) is 4.98 Å². The van der Waals surface area contributed by atoms with Gasteiger partial charge in [-0.2, -0.15) is 0 Å². The minimum Gasteiger partial charge on any atom is -0.497 e. The molecule has 0 atom stereocenters. The SMILES string of the molecule is CCOc1ccccc1NC(=O)Nc1nc(-c2cccc(OC)c2)cs1. The molecule has 0 aliphatic heterocycles. The molecule has 0 saturated carbocycles. The van der Waals surface area contributed by atoms with Crippen molar-refractivity contribution in [2.24, 2.45) is 0 Å². The molecule has 2 aromatic carbocycles. The second-order valence-electron chi connectivity index (χ2n) is 5.28. The molecule has 0 radical (unpaired) electrons. The highest BCUT2D eigenvalue weighted by molar-refractivity contribution is 7.14. The Bertz CT molecular complexity index is 895. The molecule has 0 aliphatic carbocycles. The number of nitrogens with zero attached hydrogens (tertiary/aromatic N) is 1. The van der Waals surface area contributed by atoms with E-state index in [9.17, 15) is 4.79 Å². The summed E-state index contributed by atoms with van der Waals surface area (Å²) in [7, 11) is 1.62. The number of para-hydroxylation sites is 2. The van der Waals surface area contributed by atoms with Gasteiger partial charge in [-0.15, -0.1) is 11.3 Å². The number of nitrogens with one attached hydrogen (secondary N) is 2. The lowest BCUT2D eigenvalue weighted by molar-refractivity contribution is 0.262. The zero-order valence-electron chi connectivity index (χ0n) is 14.5. The first-order valence-corrected chi connectivity index (χ1v) is 8.97. The molecule has 0 spiro atoms. The Morgan fingerprint density at radius 1 is 1.15 bits per heavy atom. The van der Waals surface area contributed by atoms with Gasteiger partial charge in [-0.3, -0.25) is 5.32 Å². The van der Waals surface area contributed by atoms with Gasteiger partial charge in [0.25, 0.3) is 0 Å². The van der Waals surface area contributed by atoms with Gasteiger partial charge in [-0.25, -0.2) is 9.78 Å². The van der Waals surface area contributed by atoms with Crippen LogP contribution in [0.4, 0.5) is 15.6 Å². The molecule has 7 heteroatoms. The first-order valence-electron chi connectivity index (χ1n) is 8.09. The lowest BCUT2D eigenvalue weighted by Gasteiger charge is -2.11. The standard InChI is InChI=1S/C19H19N3O3S/c1-3-25-17-10-5-4-9-15(17)20-18(23)22-19-21-16(12-26-19)13-7-6-8-14(11-13)24-2/h4-12H,3H2,1-2H3,(H2,20,21,22,23). The Kier molecular flexibility index (Phi) is 5.70. The van der Waals surface area contributed by atoms with Gasteiger partial charge in [0.15, 0.2) is 5.13 Å². The topological polar surface area (TPSA) is 72.5 Å². The molecule has 134 valence electrons. The van der Waals surface area contributed by atoms with Crippen LogP contribution in [-0.4, -0.2) is 24.7 Å². The molecule has 1 aromatic heterocycles. The molecule has 2 amide bonds. The molecule has 0 bridgehead atoms. The van der Waals surface area contributed by atoms with E-state index in [-0.39, 0.29) is 6.03 Å². The van der Waals surface area contributed by atoms with Gasteiger partial charge in [0.1, 0.15) is 11.5 Å². The van der Waals surface area contributed by atoms with Gasteiger partial charge in [0.05, 0.1) is 25.1 Å². The van der Waals surface area contributed by atoms with E-state index in [1.165, 1.54) is 11.3 Å². The predicted octanol–water partition coefficient (Wildman–Crippen LogP) is 4.86. The quantitative estimate of drug-likeness (QED) is 0.651. The number of thiazole rings is 1. The van der Waals surface area contributed by atoms with Crippen LogP contribution >= 0.6 is 11.3 Å². The van der Waals surface area contributed by atoms with E-state index >= 15 is 0 Å². The number of urea groups is 1. The van der Waals surface area contributed by atoms with Crippen molar-refractivity contribution >= 4 is 28.2 Å². The number of benzene rings is 2. The Morgan fingerprint density at radius 3 is 2.81 bits per heavy atom. The molecule has 6 nitrogen and oxygen atoms in total. The third-order valence-electron chi connectivity index (χ3n) is 3.53. The molecule has 0 saturated heterocycles. The number of methoxy groups -OCH3 is 1. The van der Waals surface area contributed by atoms with Crippen molar-refractivity contribution in [2.75, 3.05) is 24.4 Å². The van der Waals surface area contributed by atoms with Crippen LogP contribution in [0.3, 0.4) is 0 Å². The molecular formula is C19H19N3O3S. The summed E-state index contributed by atoms with van der Waals surface area (Å²) in [6, 6.07) is 14.5. The Morgan fingerprint density at radius 2 is 2.00 bits per heavy atom. The summed E-state index contributed by atoms with van der Waals surface area (Å²) in [4.78, 5) is 16.7. The monoisotopic (exact) mass is 369 g/mol. The molecule has 0 unspecified atom stereocenters. The summed E-state index contributed by atoms with van der Waals surface area (Å²) in [5.74, 6) is 1.39. The Labute approximate surface area is 155 Å². The van der Waals surface area contributed by atoms with Crippen LogP contribution in [0.2, 0.25) is 0 Å². The highest BCUT2D eigenvalue weighted by Crippen LogP contribution is 2.28.